The summed E-state index contributed by atoms with van der Waals surface area (Å²) in [4.78, 5) is 13.4. The average molecular weight is 272 g/mol. The number of hydrogen-bond donors (Lipinski definition) is 2. The molecule has 1 aliphatic carbocycles. The molecule has 1 rings (SSSR count). The average Bonchev–Trinajstić information content (AvgIpc) is 2.30. The molecule has 0 aromatic rings. The van der Waals surface area contributed by atoms with Crippen molar-refractivity contribution in [2.45, 2.75) is 70.8 Å². The minimum absolute atomic E-state index is 0.103. The van der Waals surface area contributed by atoms with Gasteiger partial charge in [-0.15, -0.1) is 0 Å². The van der Waals surface area contributed by atoms with E-state index in [1.807, 2.05) is 0 Å². The Bertz CT molecular complexity index is 274. The van der Waals surface area contributed by atoms with Crippen molar-refractivity contribution in [2.24, 2.45) is 0 Å². The van der Waals surface area contributed by atoms with Crippen LogP contribution in [0.3, 0.4) is 0 Å². The predicted octanol–water partition coefficient (Wildman–Crippen LogP) is 1.74. The smallest absolute Gasteiger partial charge is 0.317 e. The van der Waals surface area contributed by atoms with Gasteiger partial charge in [-0.2, -0.15) is 0 Å². The highest BCUT2D eigenvalue weighted by molar-refractivity contribution is 5.74. The lowest BCUT2D eigenvalue weighted by atomic mass is 9.93. The van der Waals surface area contributed by atoms with E-state index in [2.05, 4.69) is 19.2 Å². The van der Waals surface area contributed by atoms with Gasteiger partial charge in [-0.3, -0.25) is 0 Å². The molecular weight excluding hydrogens is 244 g/mol. The molecule has 0 saturated heterocycles. The molecule has 1 fully saturated rings. The monoisotopic (exact) mass is 272 g/mol. The Hall–Kier alpha value is -0.810. The molecule has 0 aliphatic heterocycles. The summed E-state index contributed by atoms with van der Waals surface area (Å²) in [5.41, 5.74) is 0. The van der Waals surface area contributed by atoms with E-state index in [0.29, 0.717) is 12.6 Å². The quantitative estimate of drug-likeness (QED) is 0.801. The summed E-state index contributed by atoms with van der Waals surface area (Å²) >= 11 is 0. The van der Waals surface area contributed by atoms with Gasteiger partial charge in [0.1, 0.15) is 0 Å². The third-order valence-corrected chi connectivity index (χ3v) is 3.35. The molecule has 1 aliphatic rings. The third-order valence-electron chi connectivity index (χ3n) is 3.35. The molecule has 19 heavy (non-hydrogen) atoms. The molecule has 1 unspecified atom stereocenters. The molecule has 5 heteroatoms. The molecule has 0 aromatic heterocycles. The minimum Gasteiger partial charge on any atom is -0.392 e. The molecule has 0 radical (unpaired) electrons. The fourth-order valence-electron chi connectivity index (χ4n) is 2.49. The molecule has 0 aromatic carbocycles. The SMILES string of the molecule is CC(O)CN(C)C(=O)NC1CCC(OC(C)C)CC1. The van der Waals surface area contributed by atoms with E-state index in [0.717, 1.165) is 25.7 Å². The standard InChI is InChI=1S/C14H28N2O3/c1-10(2)19-13-7-5-12(6-8-13)15-14(18)16(4)9-11(3)17/h10-13,17H,5-9H2,1-4H3,(H,15,18). The third kappa shape index (κ3) is 6.25. The maximum Gasteiger partial charge on any atom is 0.317 e. The van der Waals surface area contributed by atoms with Crippen LogP contribution in [0.4, 0.5) is 4.79 Å². The second kappa shape index (κ2) is 7.70. The van der Waals surface area contributed by atoms with Crippen molar-refractivity contribution in [1.82, 2.24) is 10.2 Å². The lowest BCUT2D eigenvalue weighted by Crippen LogP contribution is -2.46. The topological polar surface area (TPSA) is 61.8 Å². The Morgan fingerprint density at radius 3 is 2.37 bits per heavy atom. The van der Waals surface area contributed by atoms with Crippen LogP contribution in [0.25, 0.3) is 0 Å². The summed E-state index contributed by atoms with van der Waals surface area (Å²) < 4.78 is 5.79. The predicted molar refractivity (Wildman–Crippen MR) is 75.1 cm³/mol. The summed E-state index contributed by atoms with van der Waals surface area (Å²) in [7, 11) is 1.70. The van der Waals surface area contributed by atoms with Crippen molar-refractivity contribution < 1.29 is 14.6 Å². The molecule has 5 nitrogen and oxygen atoms in total. The molecule has 0 spiro atoms. The van der Waals surface area contributed by atoms with Crippen LogP contribution in [0.2, 0.25) is 0 Å². The largest absolute Gasteiger partial charge is 0.392 e. The molecular formula is C14H28N2O3. The molecule has 0 bridgehead atoms. The fraction of sp³-hybridized carbons (Fsp3) is 0.929. The number of rotatable bonds is 5. The highest BCUT2D eigenvalue weighted by Crippen LogP contribution is 2.22. The fourth-order valence-corrected chi connectivity index (χ4v) is 2.49. The van der Waals surface area contributed by atoms with Crippen molar-refractivity contribution in [2.75, 3.05) is 13.6 Å². The van der Waals surface area contributed by atoms with E-state index >= 15 is 0 Å². The van der Waals surface area contributed by atoms with Gasteiger partial charge in [0.25, 0.3) is 0 Å². The summed E-state index contributed by atoms with van der Waals surface area (Å²) in [6.45, 7) is 6.15. The van der Waals surface area contributed by atoms with Crippen LogP contribution in [0.5, 0.6) is 0 Å². The Balaban J connectivity index is 2.26. The van der Waals surface area contributed by atoms with Crippen molar-refractivity contribution in [3.05, 3.63) is 0 Å². The Labute approximate surface area is 116 Å². The molecule has 2 N–H and O–H groups in total. The number of amides is 2. The lowest BCUT2D eigenvalue weighted by Gasteiger charge is -2.31. The number of nitrogens with one attached hydrogen (secondary N) is 1. The van der Waals surface area contributed by atoms with Crippen molar-refractivity contribution in [3.8, 4) is 0 Å². The van der Waals surface area contributed by atoms with Gasteiger partial charge in [0, 0.05) is 19.6 Å². The molecule has 112 valence electrons. The van der Waals surface area contributed by atoms with Gasteiger partial charge >= 0.3 is 6.03 Å². The maximum absolute atomic E-state index is 11.9. The number of aliphatic hydroxyl groups excluding tert-OH is 1. The first-order valence-corrected chi connectivity index (χ1v) is 7.23. The van der Waals surface area contributed by atoms with Crippen LogP contribution in [0.1, 0.15) is 46.5 Å². The van der Waals surface area contributed by atoms with Gasteiger partial charge in [0.05, 0.1) is 18.3 Å². The number of carbonyl (C=O) groups is 1. The van der Waals surface area contributed by atoms with Gasteiger partial charge in [-0.05, 0) is 46.5 Å². The van der Waals surface area contributed by atoms with E-state index in [9.17, 15) is 9.90 Å². The van der Waals surface area contributed by atoms with Crippen molar-refractivity contribution >= 4 is 6.03 Å². The van der Waals surface area contributed by atoms with Crippen LogP contribution in [-0.2, 0) is 4.74 Å². The van der Waals surface area contributed by atoms with Crippen molar-refractivity contribution in [3.63, 3.8) is 0 Å². The highest BCUT2D eigenvalue weighted by atomic mass is 16.5. The number of urea groups is 1. The summed E-state index contributed by atoms with van der Waals surface area (Å²) in [6.07, 6.45) is 4.05. The van der Waals surface area contributed by atoms with Gasteiger partial charge in [0.15, 0.2) is 0 Å². The maximum atomic E-state index is 11.9. The van der Waals surface area contributed by atoms with Gasteiger partial charge in [-0.25, -0.2) is 4.79 Å². The first-order chi connectivity index (χ1) is 8.88. The van der Waals surface area contributed by atoms with Crippen LogP contribution < -0.4 is 5.32 Å². The van der Waals surface area contributed by atoms with Crippen LogP contribution >= 0.6 is 0 Å². The first kappa shape index (κ1) is 16.2. The molecule has 1 atom stereocenters. The number of aliphatic hydroxyl groups is 1. The summed E-state index contributed by atoms with van der Waals surface area (Å²) in [6, 6.07) is 0.130. The zero-order valence-corrected chi connectivity index (χ0v) is 12.6. The zero-order valence-electron chi connectivity index (χ0n) is 12.6. The number of hydrogen-bond acceptors (Lipinski definition) is 3. The van der Waals surface area contributed by atoms with Gasteiger partial charge < -0.3 is 20.1 Å². The van der Waals surface area contributed by atoms with Crippen LogP contribution in [0.15, 0.2) is 0 Å². The number of carbonyl (C=O) groups excluding carboxylic acids is 1. The van der Waals surface area contributed by atoms with E-state index in [-0.39, 0.29) is 18.2 Å². The molecule has 1 saturated carbocycles. The first-order valence-electron chi connectivity index (χ1n) is 7.23. The second-order valence-electron chi connectivity index (χ2n) is 5.84. The van der Waals surface area contributed by atoms with E-state index in [4.69, 9.17) is 4.74 Å². The number of ether oxygens (including phenoxy) is 1. The van der Waals surface area contributed by atoms with Crippen molar-refractivity contribution in [1.29, 1.82) is 0 Å². The lowest BCUT2D eigenvalue weighted by molar-refractivity contribution is -0.0158. The molecule has 2 amide bonds. The number of likely N-dealkylation sites (N-methyl/N-ethyl adjacent to an activating group) is 1. The van der Waals surface area contributed by atoms with Gasteiger partial charge in [-0.1, -0.05) is 0 Å². The summed E-state index contributed by atoms with van der Waals surface area (Å²) in [5, 5.41) is 12.3. The van der Waals surface area contributed by atoms with Crippen LogP contribution in [-0.4, -0.2) is 54.0 Å². The van der Waals surface area contributed by atoms with E-state index < -0.39 is 6.10 Å². The Kier molecular flexibility index (Phi) is 6.58. The highest BCUT2D eigenvalue weighted by Gasteiger charge is 2.24. The van der Waals surface area contributed by atoms with E-state index in [1.54, 1.807) is 14.0 Å². The normalized spacial score (nSPS) is 25.2. The number of nitrogens with zero attached hydrogens (tertiary/aromatic N) is 1. The zero-order chi connectivity index (χ0) is 14.4. The Morgan fingerprint density at radius 2 is 1.89 bits per heavy atom. The summed E-state index contributed by atoms with van der Waals surface area (Å²) in [5.74, 6) is 0. The van der Waals surface area contributed by atoms with Crippen LogP contribution in [0, 0.1) is 0 Å². The molecule has 0 heterocycles. The Morgan fingerprint density at radius 1 is 1.32 bits per heavy atom. The van der Waals surface area contributed by atoms with E-state index in [1.165, 1.54) is 4.90 Å². The second-order valence-corrected chi connectivity index (χ2v) is 5.84. The minimum atomic E-state index is -0.495. The van der Waals surface area contributed by atoms with Gasteiger partial charge in [0.2, 0.25) is 0 Å².